The topological polar surface area (TPSA) is 29.1 Å². The van der Waals surface area contributed by atoms with Crippen molar-refractivity contribution in [2.24, 2.45) is 0 Å². The minimum Gasteiger partial charge on any atom is -0.326 e. The lowest BCUT2D eigenvalue weighted by molar-refractivity contribution is -0.114. The minimum atomic E-state index is -0.163. The molecular formula is C14H18FNO. The van der Waals surface area contributed by atoms with E-state index < -0.39 is 0 Å². The average Bonchev–Trinajstić information content (AvgIpc) is 2.41. The average molecular weight is 235 g/mol. The summed E-state index contributed by atoms with van der Waals surface area (Å²) in [6.07, 6.45) is 0.913. The molecule has 1 atom stereocenters. The normalized spacial score (nSPS) is 21.1. The van der Waals surface area contributed by atoms with Crippen molar-refractivity contribution in [2.75, 3.05) is 5.32 Å². The van der Waals surface area contributed by atoms with Crippen molar-refractivity contribution in [1.29, 1.82) is 0 Å². The molecule has 1 amide bonds. The van der Waals surface area contributed by atoms with Gasteiger partial charge in [0, 0.05) is 12.6 Å². The van der Waals surface area contributed by atoms with Crippen LogP contribution in [0.25, 0.3) is 0 Å². The Morgan fingerprint density at radius 3 is 2.71 bits per heavy atom. The fourth-order valence-corrected chi connectivity index (χ4v) is 3.06. The molecule has 0 unspecified atom stereocenters. The fraction of sp³-hybridized carbons (Fsp3) is 0.500. The van der Waals surface area contributed by atoms with Crippen molar-refractivity contribution in [2.45, 2.75) is 45.4 Å². The first-order valence-corrected chi connectivity index (χ1v) is 5.93. The van der Waals surface area contributed by atoms with E-state index in [1.165, 1.54) is 13.0 Å². The SMILES string of the molecule is CC(=O)Nc1ccc(F)c2c1[C@H](C)CC2(C)C. The fourth-order valence-electron chi connectivity index (χ4n) is 3.06. The number of amides is 1. The van der Waals surface area contributed by atoms with Crippen LogP contribution in [0.5, 0.6) is 0 Å². The number of hydrogen-bond donors (Lipinski definition) is 1. The standard InChI is InChI=1S/C14H18FNO/c1-8-7-14(3,4)13-10(15)5-6-11(12(8)13)16-9(2)17/h5-6,8H,7H2,1-4H3,(H,16,17)/t8-/m1/s1. The van der Waals surface area contributed by atoms with E-state index in [1.54, 1.807) is 6.07 Å². The van der Waals surface area contributed by atoms with Gasteiger partial charge in [0.2, 0.25) is 5.91 Å². The van der Waals surface area contributed by atoms with Crippen molar-refractivity contribution in [3.63, 3.8) is 0 Å². The number of fused-ring (bicyclic) bond motifs is 1. The van der Waals surface area contributed by atoms with Crippen LogP contribution in [0.3, 0.4) is 0 Å². The van der Waals surface area contributed by atoms with E-state index in [0.29, 0.717) is 0 Å². The van der Waals surface area contributed by atoms with Gasteiger partial charge in [0.05, 0.1) is 0 Å². The highest BCUT2D eigenvalue weighted by Gasteiger charge is 2.38. The first-order chi connectivity index (χ1) is 7.83. The van der Waals surface area contributed by atoms with Gasteiger partial charge in [-0.1, -0.05) is 20.8 Å². The second kappa shape index (κ2) is 3.83. The largest absolute Gasteiger partial charge is 0.326 e. The second-order valence-corrected chi connectivity index (χ2v) is 5.55. The molecule has 0 spiro atoms. The molecule has 0 saturated carbocycles. The summed E-state index contributed by atoms with van der Waals surface area (Å²) in [4.78, 5) is 11.2. The zero-order valence-corrected chi connectivity index (χ0v) is 10.7. The maximum Gasteiger partial charge on any atom is 0.221 e. The van der Waals surface area contributed by atoms with Crippen LogP contribution in [0.4, 0.5) is 10.1 Å². The van der Waals surface area contributed by atoms with Gasteiger partial charge < -0.3 is 5.32 Å². The molecule has 1 aromatic rings. The van der Waals surface area contributed by atoms with Crippen LogP contribution in [0.2, 0.25) is 0 Å². The van der Waals surface area contributed by atoms with Crippen LogP contribution >= 0.6 is 0 Å². The molecule has 0 fully saturated rings. The second-order valence-electron chi connectivity index (χ2n) is 5.55. The predicted octanol–water partition coefficient (Wildman–Crippen LogP) is 3.57. The van der Waals surface area contributed by atoms with Crippen molar-refractivity contribution >= 4 is 11.6 Å². The Bertz CT molecular complexity index is 479. The van der Waals surface area contributed by atoms with Crippen molar-refractivity contribution < 1.29 is 9.18 Å². The lowest BCUT2D eigenvalue weighted by Crippen LogP contribution is -2.15. The lowest BCUT2D eigenvalue weighted by atomic mass is 9.86. The van der Waals surface area contributed by atoms with Gasteiger partial charge in [-0.25, -0.2) is 4.39 Å². The summed E-state index contributed by atoms with van der Waals surface area (Å²) in [5.74, 6) is -0.00304. The maximum absolute atomic E-state index is 14.0. The molecular weight excluding hydrogens is 217 g/mol. The van der Waals surface area contributed by atoms with E-state index in [0.717, 1.165) is 23.2 Å². The number of hydrogen-bond acceptors (Lipinski definition) is 1. The summed E-state index contributed by atoms with van der Waals surface area (Å²) < 4.78 is 14.0. The molecule has 3 heteroatoms. The van der Waals surface area contributed by atoms with E-state index in [1.807, 2.05) is 0 Å². The number of carbonyl (C=O) groups excluding carboxylic acids is 1. The third kappa shape index (κ3) is 1.94. The summed E-state index contributed by atoms with van der Waals surface area (Å²) in [6.45, 7) is 7.66. The molecule has 17 heavy (non-hydrogen) atoms. The Labute approximate surface area is 101 Å². The van der Waals surface area contributed by atoms with Crippen molar-refractivity contribution in [1.82, 2.24) is 0 Å². The zero-order chi connectivity index (χ0) is 12.8. The number of rotatable bonds is 1. The third-order valence-corrected chi connectivity index (χ3v) is 3.49. The molecule has 0 heterocycles. The quantitative estimate of drug-likeness (QED) is 0.792. The summed E-state index contributed by atoms with van der Waals surface area (Å²) >= 11 is 0. The molecule has 1 aromatic carbocycles. The summed E-state index contributed by atoms with van der Waals surface area (Å²) in [6, 6.07) is 3.11. The molecule has 1 aliphatic carbocycles. The van der Waals surface area contributed by atoms with Gasteiger partial charge >= 0.3 is 0 Å². The van der Waals surface area contributed by atoms with Crippen molar-refractivity contribution in [3.8, 4) is 0 Å². The van der Waals surface area contributed by atoms with E-state index in [9.17, 15) is 9.18 Å². The minimum absolute atomic E-state index is 0.115. The van der Waals surface area contributed by atoms with Gasteiger partial charge in [-0.05, 0) is 41.0 Å². The van der Waals surface area contributed by atoms with Crippen LogP contribution in [0, 0.1) is 5.82 Å². The Balaban J connectivity index is 2.61. The summed E-state index contributed by atoms with van der Waals surface area (Å²) in [5, 5.41) is 2.79. The first-order valence-electron chi connectivity index (χ1n) is 5.93. The molecule has 0 radical (unpaired) electrons. The van der Waals surface area contributed by atoms with Gasteiger partial charge in [0.1, 0.15) is 5.82 Å². The van der Waals surface area contributed by atoms with E-state index in [2.05, 4.69) is 26.1 Å². The molecule has 0 aromatic heterocycles. The van der Waals surface area contributed by atoms with Crippen LogP contribution in [0.1, 0.15) is 51.2 Å². The lowest BCUT2D eigenvalue weighted by Gasteiger charge is -2.20. The number of nitrogens with one attached hydrogen (secondary N) is 1. The van der Waals surface area contributed by atoms with Gasteiger partial charge in [0.15, 0.2) is 0 Å². The van der Waals surface area contributed by atoms with E-state index >= 15 is 0 Å². The smallest absolute Gasteiger partial charge is 0.221 e. The first kappa shape index (κ1) is 12.1. The van der Waals surface area contributed by atoms with Gasteiger partial charge in [-0.15, -0.1) is 0 Å². The van der Waals surface area contributed by atoms with Crippen LogP contribution in [-0.2, 0) is 10.2 Å². The molecule has 2 nitrogen and oxygen atoms in total. The van der Waals surface area contributed by atoms with Gasteiger partial charge in [0.25, 0.3) is 0 Å². The van der Waals surface area contributed by atoms with Gasteiger partial charge in [-0.3, -0.25) is 4.79 Å². The molecule has 0 bridgehead atoms. The molecule has 0 saturated heterocycles. The number of halogens is 1. The molecule has 92 valence electrons. The van der Waals surface area contributed by atoms with E-state index in [4.69, 9.17) is 0 Å². The van der Waals surface area contributed by atoms with Gasteiger partial charge in [-0.2, -0.15) is 0 Å². The Kier molecular flexibility index (Phi) is 2.72. The zero-order valence-electron chi connectivity index (χ0n) is 10.7. The number of benzene rings is 1. The third-order valence-electron chi connectivity index (χ3n) is 3.49. The number of anilines is 1. The molecule has 1 N–H and O–H groups in total. The molecule has 2 rings (SSSR count). The van der Waals surface area contributed by atoms with Crippen molar-refractivity contribution in [3.05, 3.63) is 29.1 Å². The van der Waals surface area contributed by atoms with E-state index in [-0.39, 0.29) is 23.1 Å². The Morgan fingerprint density at radius 1 is 1.47 bits per heavy atom. The predicted molar refractivity (Wildman–Crippen MR) is 66.8 cm³/mol. The molecule has 0 aliphatic heterocycles. The highest BCUT2D eigenvalue weighted by atomic mass is 19.1. The highest BCUT2D eigenvalue weighted by molar-refractivity contribution is 5.90. The summed E-state index contributed by atoms with van der Waals surface area (Å²) in [7, 11) is 0. The van der Waals surface area contributed by atoms with Crippen LogP contribution in [-0.4, -0.2) is 5.91 Å². The number of carbonyl (C=O) groups is 1. The highest BCUT2D eigenvalue weighted by Crippen LogP contribution is 2.49. The summed E-state index contributed by atoms with van der Waals surface area (Å²) in [5.41, 5.74) is 2.32. The maximum atomic E-state index is 14.0. The molecule has 1 aliphatic rings. The van der Waals surface area contributed by atoms with Crippen LogP contribution in [0.15, 0.2) is 12.1 Å². The Morgan fingerprint density at radius 2 is 2.12 bits per heavy atom. The van der Waals surface area contributed by atoms with Crippen LogP contribution < -0.4 is 5.32 Å². The Hall–Kier alpha value is -1.38. The monoisotopic (exact) mass is 235 g/mol.